The van der Waals surface area contributed by atoms with Gasteiger partial charge >= 0.3 is 0 Å². The van der Waals surface area contributed by atoms with Gasteiger partial charge in [0.2, 0.25) is 0 Å². The van der Waals surface area contributed by atoms with E-state index in [9.17, 15) is 0 Å². The Kier molecular flexibility index (Phi) is 6.60. The van der Waals surface area contributed by atoms with Crippen LogP contribution >= 0.6 is 0 Å². The van der Waals surface area contributed by atoms with Crippen molar-refractivity contribution in [3.05, 3.63) is 0 Å². The van der Waals surface area contributed by atoms with Crippen molar-refractivity contribution in [1.82, 2.24) is 10.2 Å². The van der Waals surface area contributed by atoms with E-state index in [2.05, 4.69) is 22.3 Å². The molecule has 2 rings (SSSR count). The monoisotopic (exact) mass is 283 g/mol. The molecule has 2 fully saturated rings. The van der Waals surface area contributed by atoms with Crippen molar-refractivity contribution in [2.75, 3.05) is 47.0 Å². The standard InChI is InChI=1S/C15H29N3O2/c1-16-15(17-12-14-4-3-9-20-14)18(2)8-5-13-6-10-19-11-7-13/h13-14H,3-12H2,1-2H3,(H,16,17). The molecule has 1 N–H and O–H groups in total. The average molecular weight is 283 g/mol. The molecule has 2 aliphatic rings. The largest absolute Gasteiger partial charge is 0.381 e. The molecule has 5 heteroatoms. The predicted octanol–water partition coefficient (Wildman–Crippen LogP) is 1.49. The zero-order chi connectivity index (χ0) is 14.2. The first-order valence-corrected chi connectivity index (χ1v) is 7.90. The van der Waals surface area contributed by atoms with E-state index in [1.165, 1.54) is 25.7 Å². The molecular formula is C15H29N3O2. The van der Waals surface area contributed by atoms with Gasteiger partial charge < -0.3 is 19.7 Å². The Morgan fingerprint density at radius 1 is 1.25 bits per heavy atom. The van der Waals surface area contributed by atoms with Gasteiger partial charge in [-0.2, -0.15) is 0 Å². The Hall–Kier alpha value is -0.810. The molecular weight excluding hydrogens is 254 g/mol. The van der Waals surface area contributed by atoms with Crippen molar-refractivity contribution < 1.29 is 9.47 Å². The van der Waals surface area contributed by atoms with Gasteiger partial charge in [0.1, 0.15) is 0 Å². The summed E-state index contributed by atoms with van der Waals surface area (Å²) in [5, 5.41) is 3.43. The quantitative estimate of drug-likeness (QED) is 0.613. The van der Waals surface area contributed by atoms with Gasteiger partial charge in [-0.3, -0.25) is 4.99 Å². The summed E-state index contributed by atoms with van der Waals surface area (Å²) in [6, 6.07) is 0. The van der Waals surface area contributed by atoms with E-state index in [0.717, 1.165) is 51.2 Å². The highest BCUT2D eigenvalue weighted by Gasteiger charge is 2.18. The van der Waals surface area contributed by atoms with Crippen molar-refractivity contribution in [3.63, 3.8) is 0 Å². The molecule has 2 saturated heterocycles. The predicted molar refractivity (Wildman–Crippen MR) is 81.1 cm³/mol. The highest BCUT2D eigenvalue weighted by Crippen LogP contribution is 2.18. The van der Waals surface area contributed by atoms with E-state index in [4.69, 9.17) is 9.47 Å². The van der Waals surface area contributed by atoms with Gasteiger partial charge in [-0.1, -0.05) is 0 Å². The number of guanidine groups is 1. The Bertz CT molecular complexity index is 297. The van der Waals surface area contributed by atoms with E-state index in [-0.39, 0.29) is 0 Å². The van der Waals surface area contributed by atoms with Crippen LogP contribution in [-0.4, -0.2) is 64.0 Å². The number of hydrogen-bond donors (Lipinski definition) is 1. The first-order chi connectivity index (χ1) is 9.79. The number of rotatable bonds is 5. The number of ether oxygens (including phenoxy) is 2. The summed E-state index contributed by atoms with van der Waals surface area (Å²) < 4.78 is 11.0. The van der Waals surface area contributed by atoms with Crippen LogP contribution in [0.4, 0.5) is 0 Å². The highest BCUT2D eigenvalue weighted by atomic mass is 16.5. The number of aliphatic imine (C=N–C) groups is 1. The second kappa shape index (κ2) is 8.47. The van der Waals surface area contributed by atoms with Gasteiger partial charge in [0.15, 0.2) is 5.96 Å². The minimum atomic E-state index is 0.357. The third kappa shape index (κ3) is 4.94. The van der Waals surface area contributed by atoms with Crippen LogP contribution in [0.25, 0.3) is 0 Å². The lowest BCUT2D eigenvalue weighted by atomic mass is 9.96. The first kappa shape index (κ1) is 15.6. The van der Waals surface area contributed by atoms with E-state index >= 15 is 0 Å². The van der Waals surface area contributed by atoms with Crippen LogP contribution in [0.1, 0.15) is 32.1 Å². The van der Waals surface area contributed by atoms with E-state index in [1.54, 1.807) is 0 Å². The Labute approximate surface area is 122 Å². The summed E-state index contributed by atoms with van der Waals surface area (Å²) in [5.41, 5.74) is 0. The molecule has 0 aliphatic carbocycles. The van der Waals surface area contributed by atoms with E-state index < -0.39 is 0 Å². The van der Waals surface area contributed by atoms with Crippen molar-refractivity contribution in [3.8, 4) is 0 Å². The molecule has 0 saturated carbocycles. The van der Waals surface area contributed by atoms with E-state index in [0.29, 0.717) is 6.10 Å². The molecule has 2 heterocycles. The van der Waals surface area contributed by atoms with Crippen LogP contribution in [0.5, 0.6) is 0 Å². The minimum absolute atomic E-state index is 0.357. The summed E-state index contributed by atoms with van der Waals surface area (Å²) in [6.07, 6.45) is 6.34. The molecule has 116 valence electrons. The molecule has 2 aliphatic heterocycles. The number of nitrogens with zero attached hydrogens (tertiary/aromatic N) is 2. The topological polar surface area (TPSA) is 46.1 Å². The summed E-state index contributed by atoms with van der Waals surface area (Å²) in [4.78, 5) is 6.59. The summed E-state index contributed by atoms with van der Waals surface area (Å²) >= 11 is 0. The van der Waals surface area contributed by atoms with E-state index in [1.807, 2.05) is 7.05 Å². The lowest BCUT2D eigenvalue weighted by Gasteiger charge is -2.27. The molecule has 0 aromatic carbocycles. The second-order valence-corrected chi connectivity index (χ2v) is 5.83. The fourth-order valence-electron chi connectivity index (χ4n) is 2.91. The lowest BCUT2D eigenvalue weighted by molar-refractivity contribution is 0.0625. The Morgan fingerprint density at radius 2 is 2.05 bits per heavy atom. The van der Waals surface area contributed by atoms with Gasteiger partial charge in [0.05, 0.1) is 6.10 Å². The highest BCUT2D eigenvalue weighted by molar-refractivity contribution is 5.79. The van der Waals surface area contributed by atoms with Gasteiger partial charge in [-0.25, -0.2) is 0 Å². The van der Waals surface area contributed by atoms with Crippen LogP contribution < -0.4 is 5.32 Å². The number of hydrogen-bond acceptors (Lipinski definition) is 3. The third-order valence-corrected chi connectivity index (χ3v) is 4.30. The van der Waals surface area contributed by atoms with Gasteiger partial charge in [0, 0.05) is 47.0 Å². The summed E-state index contributed by atoms with van der Waals surface area (Å²) in [5.74, 6) is 1.79. The smallest absolute Gasteiger partial charge is 0.193 e. The molecule has 0 bridgehead atoms. The van der Waals surface area contributed by atoms with Crippen LogP contribution in [0.2, 0.25) is 0 Å². The molecule has 20 heavy (non-hydrogen) atoms. The van der Waals surface area contributed by atoms with Crippen LogP contribution in [-0.2, 0) is 9.47 Å². The van der Waals surface area contributed by atoms with Crippen LogP contribution in [0.15, 0.2) is 4.99 Å². The Morgan fingerprint density at radius 3 is 2.70 bits per heavy atom. The van der Waals surface area contributed by atoms with Crippen LogP contribution in [0, 0.1) is 5.92 Å². The minimum Gasteiger partial charge on any atom is -0.381 e. The molecule has 0 amide bonds. The first-order valence-electron chi connectivity index (χ1n) is 7.90. The van der Waals surface area contributed by atoms with Crippen molar-refractivity contribution in [1.29, 1.82) is 0 Å². The third-order valence-electron chi connectivity index (χ3n) is 4.30. The number of nitrogens with one attached hydrogen (secondary N) is 1. The average Bonchev–Trinajstić information content (AvgIpc) is 3.00. The second-order valence-electron chi connectivity index (χ2n) is 5.83. The summed E-state index contributed by atoms with van der Waals surface area (Å²) in [6.45, 7) is 4.69. The molecule has 0 radical (unpaired) electrons. The van der Waals surface area contributed by atoms with Crippen LogP contribution in [0.3, 0.4) is 0 Å². The fourth-order valence-corrected chi connectivity index (χ4v) is 2.91. The van der Waals surface area contributed by atoms with Gasteiger partial charge in [-0.15, -0.1) is 0 Å². The maximum absolute atomic E-state index is 5.63. The van der Waals surface area contributed by atoms with Crippen molar-refractivity contribution >= 4 is 5.96 Å². The zero-order valence-corrected chi connectivity index (χ0v) is 12.9. The maximum Gasteiger partial charge on any atom is 0.193 e. The maximum atomic E-state index is 5.63. The van der Waals surface area contributed by atoms with Gasteiger partial charge in [0.25, 0.3) is 0 Å². The fraction of sp³-hybridized carbons (Fsp3) is 0.933. The molecule has 0 aromatic heterocycles. The normalized spacial score (nSPS) is 24.9. The van der Waals surface area contributed by atoms with Crippen molar-refractivity contribution in [2.24, 2.45) is 10.9 Å². The lowest BCUT2D eigenvalue weighted by Crippen LogP contribution is -2.43. The van der Waals surface area contributed by atoms with Crippen molar-refractivity contribution in [2.45, 2.75) is 38.2 Å². The molecule has 1 atom stereocenters. The van der Waals surface area contributed by atoms with Gasteiger partial charge in [-0.05, 0) is 38.0 Å². The molecule has 0 spiro atoms. The SMILES string of the molecule is CN=C(NCC1CCCO1)N(C)CCC1CCOCC1. The molecule has 5 nitrogen and oxygen atoms in total. The molecule has 1 unspecified atom stereocenters. The molecule has 0 aromatic rings. The zero-order valence-electron chi connectivity index (χ0n) is 12.9. The Balaban J connectivity index is 1.66. The summed E-state index contributed by atoms with van der Waals surface area (Å²) in [7, 11) is 3.97.